The third kappa shape index (κ3) is 2.59. The van der Waals surface area contributed by atoms with Gasteiger partial charge >= 0.3 is 0 Å². The lowest BCUT2D eigenvalue weighted by Gasteiger charge is -2.08. The molecule has 0 saturated heterocycles. The number of fused-ring (bicyclic) bond motifs is 1. The van der Waals surface area contributed by atoms with E-state index in [0.717, 1.165) is 19.6 Å². The largest absolute Gasteiger partial charge is 0.437 e. The number of nitrogens with zero attached hydrogens (tertiary/aromatic N) is 2. The van der Waals surface area contributed by atoms with Crippen molar-refractivity contribution in [3.8, 4) is 11.6 Å². The highest BCUT2D eigenvalue weighted by Crippen LogP contribution is 2.36. The Morgan fingerprint density at radius 1 is 1.30 bits per heavy atom. The molecule has 0 unspecified atom stereocenters. The van der Waals surface area contributed by atoms with Crippen molar-refractivity contribution in [2.45, 2.75) is 6.92 Å². The first-order valence-electron chi connectivity index (χ1n) is 5.69. The number of aryl methyl sites for hydroxylation is 1. The molecule has 102 valence electrons. The van der Waals surface area contributed by atoms with Gasteiger partial charge in [0.1, 0.15) is 10.6 Å². The van der Waals surface area contributed by atoms with Crippen molar-refractivity contribution >= 4 is 55.0 Å². The summed E-state index contributed by atoms with van der Waals surface area (Å²) in [5, 5.41) is 1.48. The van der Waals surface area contributed by atoms with E-state index in [1.807, 2.05) is 13.0 Å². The number of thiophene rings is 1. The maximum Gasteiger partial charge on any atom is 0.232 e. The van der Waals surface area contributed by atoms with Crippen LogP contribution in [0, 0.1) is 6.92 Å². The van der Waals surface area contributed by atoms with Gasteiger partial charge in [0.2, 0.25) is 11.8 Å². The molecule has 7 heteroatoms. The molecule has 0 saturated carbocycles. The zero-order valence-corrected chi connectivity index (χ0v) is 13.5. The lowest BCUT2D eigenvalue weighted by molar-refractivity contribution is 0.466. The molecule has 4 nitrogen and oxygen atoms in total. The van der Waals surface area contributed by atoms with Gasteiger partial charge < -0.3 is 10.5 Å². The molecule has 3 rings (SSSR count). The van der Waals surface area contributed by atoms with Gasteiger partial charge in [-0.2, -0.15) is 4.98 Å². The predicted molar refractivity (Wildman–Crippen MR) is 85.8 cm³/mol. The van der Waals surface area contributed by atoms with E-state index in [-0.39, 0.29) is 5.95 Å². The predicted octanol–water partition coefficient (Wildman–Crippen LogP) is 4.79. The van der Waals surface area contributed by atoms with Gasteiger partial charge in [-0.25, -0.2) is 4.98 Å². The highest BCUT2D eigenvalue weighted by atomic mass is 79.9. The zero-order valence-electron chi connectivity index (χ0n) is 10.4. The van der Waals surface area contributed by atoms with Crippen molar-refractivity contribution in [3.05, 3.63) is 38.6 Å². The SMILES string of the molecule is Cc1cc2c(Oc3ccc(Cl)cc3Br)nc(N)nc2s1. The van der Waals surface area contributed by atoms with E-state index >= 15 is 0 Å². The smallest absolute Gasteiger partial charge is 0.232 e. The zero-order chi connectivity index (χ0) is 14.3. The van der Waals surface area contributed by atoms with Gasteiger partial charge in [0.05, 0.1) is 9.86 Å². The Hall–Kier alpha value is -1.37. The molecule has 20 heavy (non-hydrogen) atoms. The van der Waals surface area contributed by atoms with Crippen molar-refractivity contribution in [2.24, 2.45) is 0 Å². The Kier molecular flexibility index (Phi) is 3.54. The third-order valence-corrected chi connectivity index (χ3v) is 4.40. The molecule has 0 fully saturated rings. The van der Waals surface area contributed by atoms with E-state index in [0.29, 0.717) is 16.7 Å². The highest BCUT2D eigenvalue weighted by molar-refractivity contribution is 9.10. The summed E-state index contributed by atoms with van der Waals surface area (Å²) < 4.78 is 6.59. The molecule has 0 bridgehead atoms. The van der Waals surface area contributed by atoms with Crippen LogP contribution in [-0.2, 0) is 0 Å². The monoisotopic (exact) mass is 369 g/mol. The molecule has 3 aromatic rings. The molecule has 0 amide bonds. The molecule has 0 spiro atoms. The second-order valence-corrected chi connectivity index (χ2v) is 6.67. The standard InChI is InChI=1S/C13H9BrClN3OS/c1-6-4-8-11(17-13(16)18-12(8)20-6)19-10-3-2-7(15)5-9(10)14/h2-5H,1H3,(H2,16,17,18). The number of benzene rings is 1. The van der Waals surface area contributed by atoms with Gasteiger partial charge in [-0.05, 0) is 47.1 Å². The first kappa shape index (κ1) is 13.6. The fourth-order valence-electron chi connectivity index (χ4n) is 1.77. The number of hydrogen-bond acceptors (Lipinski definition) is 5. The number of aromatic nitrogens is 2. The van der Waals surface area contributed by atoms with Gasteiger partial charge in [0.15, 0.2) is 0 Å². The number of ether oxygens (including phenoxy) is 1. The average Bonchev–Trinajstić information content (AvgIpc) is 2.73. The van der Waals surface area contributed by atoms with E-state index < -0.39 is 0 Å². The van der Waals surface area contributed by atoms with Gasteiger partial charge in [-0.1, -0.05) is 11.6 Å². The van der Waals surface area contributed by atoms with Crippen molar-refractivity contribution in [1.29, 1.82) is 0 Å². The van der Waals surface area contributed by atoms with Gasteiger partial charge in [0.25, 0.3) is 0 Å². The summed E-state index contributed by atoms with van der Waals surface area (Å²) in [5.41, 5.74) is 5.72. The lowest BCUT2D eigenvalue weighted by atomic mass is 10.3. The maximum absolute atomic E-state index is 5.91. The summed E-state index contributed by atoms with van der Waals surface area (Å²) in [5.74, 6) is 1.26. The summed E-state index contributed by atoms with van der Waals surface area (Å²) in [4.78, 5) is 10.3. The quantitative estimate of drug-likeness (QED) is 0.704. The molecule has 0 aliphatic heterocycles. The first-order valence-corrected chi connectivity index (χ1v) is 7.68. The average molecular weight is 371 g/mol. The topological polar surface area (TPSA) is 61.0 Å². The Bertz CT molecular complexity index is 806. The van der Waals surface area contributed by atoms with Crippen LogP contribution < -0.4 is 10.5 Å². The van der Waals surface area contributed by atoms with Crippen molar-refractivity contribution in [1.82, 2.24) is 9.97 Å². The number of halogens is 2. The number of anilines is 1. The van der Waals surface area contributed by atoms with Gasteiger partial charge in [-0.3, -0.25) is 0 Å². The summed E-state index contributed by atoms with van der Waals surface area (Å²) in [6.45, 7) is 2.00. The molecular weight excluding hydrogens is 362 g/mol. The molecule has 2 aromatic heterocycles. The first-order chi connectivity index (χ1) is 9.52. The van der Waals surface area contributed by atoms with Crippen LogP contribution >= 0.6 is 38.9 Å². The Labute approximate surface area is 132 Å². The van der Waals surface area contributed by atoms with E-state index in [9.17, 15) is 0 Å². The van der Waals surface area contributed by atoms with Crippen LogP contribution in [-0.4, -0.2) is 9.97 Å². The number of nitrogens with two attached hydrogens (primary N) is 1. The van der Waals surface area contributed by atoms with Crippen molar-refractivity contribution in [2.75, 3.05) is 5.73 Å². The van der Waals surface area contributed by atoms with Crippen LogP contribution in [0.5, 0.6) is 11.6 Å². The molecule has 0 aliphatic carbocycles. The summed E-state index contributed by atoms with van der Waals surface area (Å²) in [7, 11) is 0. The van der Waals surface area contributed by atoms with Crippen molar-refractivity contribution < 1.29 is 4.74 Å². The highest BCUT2D eigenvalue weighted by Gasteiger charge is 2.13. The molecular formula is C13H9BrClN3OS. The normalized spacial score (nSPS) is 10.9. The van der Waals surface area contributed by atoms with Crippen LogP contribution in [0.15, 0.2) is 28.7 Å². The van der Waals surface area contributed by atoms with Crippen LogP contribution in [0.25, 0.3) is 10.2 Å². The van der Waals surface area contributed by atoms with Crippen LogP contribution in [0.1, 0.15) is 4.88 Å². The maximum atomic E-state index is 5.91. The Balaban J connectivity index is 2.10. The minimum absolute atomic E-state index is 0.194. The summed E-state index contributed by atoms with van der Waals surface area (Å²) in [6, 6.07) is 7.27. The fourth-order valence-corrected chi connectivity index (χ4v) is 3.41. The van der Waals surface area contributed by atoms with Crippen LogP contribution in [0.4, 0.5) is 5.95 Å². The number of rotatable bonds is 2. The van der Waals surface area contributed by atoms with Crippen LogP contribution in [0.3, 0.4) is 0 Å². The molecule has 0 atom stereocenters. The second-order valence-electron chi connectivity index (χ2n) is 4.14. The van der Waals surface area contributed by atoms with E-state index in [1.165, 1.54) is 0 Å². The van der Waals surface area contributed by atoms with Crippen molar-refractivity contribution in [3.63, 3.8) is 0 Å². The van der Waals surface area contributed by atoms with E-state index in [2.05, 4.69) is 25.9 Å². The molecule has 0 aliphatic rings. The minimum Gasteiger partial charge on any atom is -0.437 e. The van der Waals surface area contributed by atoms with Gasteiger partial charge in [-0.15, -0.1) is 11.3 Å². The third-order valence-electron chi connectivity index (χ3n) is 2.60. The number of nitrogen functional groups attached to an aromatic ring is 1. The lowest BCUT2D eigenvalue weighted by Crippen LogP contribution is -1.97. The summed E-state index contributed by atoms with van der Waals surface area (Å²) in [6.07, 6.45) is 0. The molecule has 1 aromatic carbocycles. The van der Waals surface area contributed by atoms with E-state index in [4.69, 9.17) is 22.1 Å². The van der Waals surface area contributed by atoms with Gasteiger partial charge in [0, 0.05) is 9.90 Å². The minimum atomic E-state index is 0.194. The Morgan fingerprint density at radius 2 is 2.10 bits per heavy atom. The van der Waals surface area contributed by atoms with E-state index in [1.54, 1.807) is 29.5 Å². The molecule has 2 N–H and O–H groups in total. The molecule has 2 heterocycles. The second kappa shape index (κ2) is 5.20. The molecule has 0 radical (unpaired) electrons. The Morgan fingerprint density at radius 3 is 2.85 bits per heavy atom. The summed E-state index contributed by atoms with van der Waals surface area (Å²) >= 11 is 10.9. The fraction of sp³-hybridized carbons (Fsp3) is 0.0769. The number of hydrogen-bond donors (Lipinski definition) is 1. The van der Waals surface area contributed by atoms with Crippen LogP contribution in [0.2, 0.25) is 5.02 Å².